The molecular formula is C8H14N2O2. The SMILES string of the molecule is O=C1NC(CC2CCNC2)CO1. The highest BCUT2D eigenvalue weighted by Gasteiger charge is 2.26. The average Bonchev–Trinajstić information content (AvgIpc) is 2.63. The molecule has 0 radical (unpaired) electrons. The van der Waals surface area contributed by atoms with Gasteiger partial charge in [-0.2, -0.15) is 0 Å². The van der Waals surface area contributed by atoms with Crippen molar-refractivity contribution in [3.63, 3.8) is 0 Å². The normalized spacial score (nSPS) is 34.8. The molecule has 2 heterocycles. The number of hydrogen-bond acceptors (Lipinski definition) is 3. The fourth-order valence-corrected chi connectivity index (χ4v) is 1.87. The van der Waals surface area contributed by atoms with Crippen molar-refractivity contribution in [3.8, 4) is 0 Å². The summed E-state index contributed by atoms with van der Waals surface area (Å²) >= 11 is 0. The number of amides is 1. The van der Waals surface area contributed by atoms with Gasteiger partial charge >= 0.3 is 6.09 Å². The first kappa shape index (κ1) is 7.86. The standard InChI is InChI=1S/C8H14N2O2/c11-8-10-7(5-12-8)3-6-1-2-9-4-6/h6-7,9H,1-5H2,(H,10,11). The number of carbonyl (C=O) groups excluding carboxylic acids is 1. The summed E-state index contributed by atoms with van der Waals surface area (Å²) < 4.78 is 4.81. The second kappa shape index (κ2) is 3.31. The van der Waals surface area contributed by atoms with E-state index in [2.05, 4.69) is 10.6 Å². The number of cyclic esters (lactones) is 1. The summed E-state index contributed by atoms with van der Waals surface area (Å²) in [5, 5.41) is 6.10. The van der Waals surface area contributed by atoms with Crippen molar-refractivity contribution in [2.24, 2.45) is 5.92 Å². The minimum Gasteiger partial charge on any atom is -0.447 e. The molecule has 2 unspecified atom stereocenters. The highest BCUT2D eigenvalue weighted by atomic mass is 16.6. The topological polar surface area (TPSA) is 50.4 Å². The molecule has 0 aromatic heterocycles. The summed E-state index contributed by atoms with van der Waals surface area (Å²) in [6, 6.07) is 0.252. The van der Waals surface area contributed by atoms with E-state index in [0.717, 1.165) is 25.4 Å². The fourth-order valence-electron chi connectivity index (χ4n) is 1.87. The first-order chi connectivity index (χ1) is 5.84. The molecule has 4 nitrogen and oxygen atoms in total. The van der Waals surface area contributed by atoms with Gasteiger partial charge in [0, 0.05) is 0 Å². The first-order valence-electron chi connectivity index (χ1n) is 4.48. The first-order valence-corrected chi connectivity index (χ1v) is 4.48. The molecule has 2 fully saturated rings. The number of rotatable bonds is 2. The Bertz CT molecular complexity index is 178. The number of hydrogen-bond donors (Lipinski definition) is 2. The minimum absolute atomic E-state index is 0.252. The van der Waals surface area contributed by atoms with Crippen LogP contribution in [0.2, 0.25) is 0 Å². The van der Waals surface area contributed by atoms with Gasteiger partial charge in [0.1, 0.15) is 6.61 Å². The van der Waals surface area contributed by atoms with Gasteiger partial charge in [0.25, 0.3) is 0 Å². The van der Waals surface area contributed by atoms with Crippen LogP contribution in [0.4, 0.5) is 4.79 Å². The lowest BCUT2D eigenvalue weighted by molar-refractivity contribution is 0.176. The second-order valence-corrected chi connectivity index (χ2v) is 3.53. The zero-order chi connectivity index (χ0) is 8.39. The Hall–Kier alpha value is -0.770. The molecule has 0 spiro atoms. The van der Waals surface area contributed by atoms with Crippen LogP contribution in [-0.2, 0) is 4.74 Å². The van der Waals surface area contributed by atoms with Crippen LogP contribution in [0.15, 0.2) is 0 Å². The van der Waals surface area contributed by atoms with Crippen molar-refractivity contribution in [1.82, 2.24) is 10.6 Å². The van der Waals surface area contributed by atoms with Crippen LogP contribution in [0.5, 0.6) is 0 Å². The summed E-state index contributed by atoms with van der Waals surface area (Å²) in [4.78, 5) is 10.7. The van der Waals surface area contributed by atoms with Gasteiger partial charge < -0.3 is 15.4 Å². The predicted molar refractivity (Wildman–Crippen MR) is 43.9 cm³/mol. The summed E-state index contributed by atoms with van der Waals surface area (Å²) in [6.45, 7) is 2.76. The van der Waals surface area contributed by atoms with E-state index < -0.39 is 0 Å². The molecule has 1 amide bonds. The molecule has 0 saturated carbocycles. The van der Waals surface area contributed by atoms with E-state index in [1.54, 1.807) is 0 Å². The van der Waals surface area contributed by atoms with Crippen molar-refractivity contribution >= 4 is 6.09 Å². The van der Waals surface area contributed by atoms with Gasteiger partial charge in [0.05, 0.1) is 6.04 Å². The Morgan fingerprint density at radius 1 is 1.58 bits per heavy atom. The molecule has 0 aromatic rings. The van der Waals surface area contributed by atoms with Gasteiger partial charge in [0.15, 0.2) is 0 Å². The molecule has 2 aliphatic rings. The summed E-state index contributed by atoms with van der Waals surface area (Å²) in [6.07, 6.45) is 2.02. The second-order valence-electron chi connectivity index (χ2n) is 3.53. The van der Waals surface area contributed by atoms with Crippen molar-refractivity contribution < 1.29 is 9.53 Å². The van der Waals surface area contributed by atoms with Crippen LogP contribution in [-0.4, -0.2) is 31.8 Å². The zero-order valence-electron chi connectivity index (χ0n) is 7.01. The molecule has 0 aliphatic carbocycles. The highest BCUT2D eigenvalue weighted by molar-refractivity contribution is 5.69. The average molecular weight is 170 g/mol. The third-order valence-corrected chi connectivity index (χ3v) is 2.52. The van der Waals surface area contributed by atoms with E-state index in [1.807, 2.05) is 0 Å². The van der Waals surface area contributed by atoms with E-state index in [-0.39, 0.29) is 12.1 Å². The number of ether oxygens (including phenoxy) is 1. The van der Waals surface area contributed by atoms with Gasteiger partial charge in [-0.15, -0.1) is 0 Å². The van der Waals surface area contributed by atoms with Crippen molar-refractivity contribution in [2.75, 3.05) is 19.7 Å². The van der Waals surface area contributed by atoms with Crippen LogP contribution >= 0.6 is 0 Å². The maximum atomic E-state index is 10.7. The lowest BCUT2D eigenvalue weighted by Crippen LogP contribution is -2.29. The van der Waals surface area contributed by atoms with E-state index in [4.69, 9.17) is 4.74 Å². The van der Waals surface area contributed by atoms with E-state index >= 15 is 0 Å². The molecule has 4 heteroatoms. The Kier molecular flexibility index (Phi) is 2.17. The Balaban J connectivity index is 1.75. The third-order valence-electron chi connectivity index (χ3n) is 2.52. The lowest BCUT2D eigenvalue weighted by atomic mass is 10.00. The molecule has 2 rings (SSSR count). The fraction of sp³-hybridized carbons (Fsp3) is 0.875. The quantitative estimate of drug-likeness (QED) is 0.617. The summed E-state index contributed by atoms with van der Waals surface area (Å²) in [7, 11) is 0. The monoisotopic (exact) mass is 170 g/mol. The van der Waals surface area contributed by atoms with Crippen LogP contribution in [0.3, 0.4) is 0 Å². The maximum absolute atomic E-state index is 10.7. The van der Waals surface area contributed by atoms with Gasteiger partial charge in [0.2, 0.25) is 0 Å². The number of carbonyl (C=O) groups is 1. The zero-order valence-corrected chi connectivity index (χ0v) is 7.01. The largest absolute Gasteiger partial charge is 0.447 e. The predicted octanol–water partition coefficient (Wildman–Crippen LogP) is 0.0944. The van der Waals surface area contributed by atoms with E-state index in [9.17, 15) is 4.79 Å². The van der Waals surface area contributed by atoms with Crippen molar-refractivity contribution in [1.29, 1.82) is 0 Å². The van der Waals surface area contributed by atoms with Crippen LogP contribution < -0.4 is 10.6 Å². The smallest absolute Gasteiger partial charge is 0.407 e. The Morgan fingerprint density at radius 3 is 3.08 bits per heavy atom. The third kappa shape index (κ3) is 1.69. The Labute approximate surface area is 71.7 Å². The Morgan fingerprint density at radius 2 is 2.50 bits per heavy atom. The molecule has 2 saturated heterocycles. The minimum atomic E-state index is -0.258. The van der Waals surface area contributed by atoms with Crippen molar-refractivity contribution in [2.45, 2.75) is 18.9 Å². The number of nitrogens with one attached hydrogen (secondary N) is 2. The summed E-state index contributed by atoms with van der Waals surface area (Å²) in [5.41, 5.74) is 0. The van der Waals surface area contributed by atoms with Gasteiger partial charge in [-0.25, -0.2) is 4.79 Å². The van der Waals surface area contributed by atoms with Crippen LogP contribution in [0.1, 0.15) is 12.8 Å². The molecule has 0 bridgehead atoms. The highest BCUT2D eigenvalue weighted by Crippen LogP contribution is 2.16. The van der Waals surface area contributed by atoms with Gasteiger partial charge in [-0.05, 0) is 31.8 Å². The van der Waals surface area contributed by atoms with E-state index in [0.29, 0.717) is 6.61 Å². The van der Waals surface area contributed by atoms with Gasteiger partial charge in [-0.3, -0.25) is 0 Å². The molecule has 2 aliphatic heterocycles. The van der Waals surface area contributed by atoms with E-state index in [1.165, 1.54) is 6.42 Å². The lowest BCUT2D eigenvalue weighted by Gasteiger charge is -2.11. The molecule has 2 N–H and O–H groups in total. The molecule has 2 atom stereocenters. The molecular weight excluding hydrogens is 156 g/mol. The molecule has 12 heavy (non-hydrogen) atoms. The molecule has 0 aromatic carbocycles. The maximum Gasteiger partial charge on any atom is 0.407 e. The van der Waals surface area contributed by atoms with Crippen LogP contribution in [0.25, 0.3) is 0 Å². The van der Waals surface area contributed by atoms with Crippen molar-refractivity contribution in [3.05, 3.63) is 0 Å². The summed E-state index contributed by atoms with van der Waals surface area (Å²) in [5.74, 6) is 0.719. The number of alkyl carbamates (subject to hydrolysis) is 1. The van der Waals surface area contributed by atoms with Crippen LogP contribution in [0, 0.1) is 5.92 Å². The van der Waals surface area contributed by atoms with Gasteiger partial charge in [-0.1, -0.05) is 0 Å². The molecule has 68 valence electrons.